The molecule has 2 rings (SSSR count). The minimum absolute atomic E-state index is 0.249. The molecule has 0 radical (unpaired) electrons. The number of aryl methyl sites for hydroxylation is 1. The highest BCUT2D eigenvalue weighted by molar-refractivity contribution is 5.31. The molecule has 1 aromatic rings. The van der Waals surface area contributed by atoms with Crippen LogP contribution in [-0.2, 0) is 0 Å². The molecular formula is C16H26N2O. The van der Waals surface area contributed by atoms with E-state index in [4.69, 9.17) is 10.5 Å². The SMILES string of the molecule is Cc1ccccc1OCCN1CCCCC1C(C)N. The molecule has 0 spiro atoms. The van der Waals surface area contributed by atoms with Crippen molar-refractivity contribution in [1.29, 1.82) is 0 Å². The van der Waals surface area contributed by atoms with Gasteiger partial charge < -0.3 is 10.5 Å². The topological polar surface area (TPSA) is 38.5 Å². The van der Waals surface area contributed by atoms with E-state index in [1.165, 1.54) is 24.8 Å². The normalized spacial score (nSPS) is 22.2. The van der Waals surface area contributed by atoms with Crippen molar-refractivity contribution in [2.24, 2.45) is 5.73 Å². The molecule has 0 saturated carbocycles. The Labute approximate surface area is 116 Å². The van der Waals surface area contributed by atoms with Gasteiger partial charge in [-0.15, -0.1) is 0 Å². The van der Waals surface area contributed by atoms with E-state index in [-0.39, 0.29) is 6.04 Å². The fourth-order valence-corrected chi connectivity index (χ4v) is 2.88. The van der Waals surface area contributed by atoms with Crippen LogP contribution < -0.4 is 10.5 Å². The van der Waals surface area contributed by atoms with Crippen molar-refractivity contribution in [2.75, 3.05) is 19.7 Å². The van der Waals surface area contributed by atoms with Crippen molar-refractivity contribution >= 4 is 0 Å². The van der Waals surface area contributed by atoms with Crippen LogP contribution in [0.25, 0.3) is 0 Å². The van der Waals surface area contributed by atoms with Crippen molar-refractivity contribution in [3.05, 3.63) is 29.8 Å². The second-order valence-electron chi connectivity index (χ2n) is 5.57. The molecule has 3 heteroatoms. The van der Waals surface area contributed by atoms with Crippen LogP contribution in [0.15, 0.2) is 24.3 Å². The Hall–Kier alpha value is -1.06. The Kier molecular flexibility index (Phi) is 5.23. The first-order chi connectivity index (χ1) is 9.18. The number of piperidine rings is 1. The third-order valence-corrected chi connectivity index (χ3v) is 4.00. The average Bonchev–Trinajstić information content (AvgIpc) is 2.41. The predicted octanol–water partition coefficient (Wildman–Crippen LogP) is 2.58. The van der Waals surface area contributed by atoms with E-state index in [9.17, 15) is 0 Å². The summed E-state index contributed by atoms with van der Waals surface area (Å²) in [6, 6.07) is 8.95. The molecule has 3 nitrogen and oxygen atoms in total. The Morgan fingerprint density at radius 2 is 2.16 bits per heavy atom. The van der Waals surface area contributed by atoms with Crippen LogP contribution in [0.1, 0.15) is 31.7 Å². The summed E-state index contributed by atoms with van der Waals surface area (Å²) in [4.78, 5) is 2.49. The van der Waals surface area contributed by atoms with Gasteiger partial charge in [0.05, 0.1) is 0 Å². The molecule has 0 aliphatic carbocycles. The zero-order chi connectivity index (χ0) is 13.7. The smallest absolute Gasteiger partial charge is 0.122 e. The van der Waals surface area contributed by atoms with Crippen molar-refractivity contribution in [1.82, 2.24) is 4.90 Å². The molecule has 1 saturated heterocycles. The molecule has 2 atom stereocenters. The quantitative estimate of drug-likeness (QED) is 0.886. The molecule has 0 amide bonds. The first-order valence-electron chi connectivity index (χ1n) is 7.36. The molecule has 106 valence electrons. The van der Waals surface area contributed by atoms with Gasteiger partial charge in [0.1, 0.15) is 12.4 Å². The van der Waals surface area contributed by atoms with Gasteiger partial charge in [0.25, 0.3) is 0 Å². The highest BCUT2D eigenvalue weighted by Crippen LogP contribution is 2.20. The number of rotatable bonds is 5. The molecule has 1 aliphatic rings. The van der Waals surface area contributed by atoms with Crippen molar-refractivity contribution in [3.63, 3.8) is 0 Å². The van der Waals surface area contributed by atoms with Crippen LogP contribution in [0, 0.1) is 6.92 Å². The van der Waals surface area contributed by atoms with Crippen LogP contribution in [0.2, 0.25) is 0 Å². The first kappa shape index (κ1) is 14.4. The minimum Gasteiger partial charge on any atom is -0.492 e. The number of likely N-dealkylation sites (tertiary alicyclic amines) is 1. The molecule has 0 aromatic heterocycles. The van der Waals surface area contributed by atoms with Gasteiger partial charge in [-0.05, 0) is 44.9 Å². The summed E-state index contributed by atoms with van der Waals surface area (Å²) in [5.74, 6) is 0.997. The third-order valence-electron chi connectivity index (χ3n) is 4.00. The minimum atomic E-state index is 0.249. The van der Waals surface area contributed by atoms with E-state index < -0.39 is 0 Å². The highest BCUT2D eigenvalue weighted by Gasteiger charge is 2.24. The lowest BCUT2D eigenvalue weighted by Gasteiger charge is -2.37. The zero-order valence-electron chi connectivity index (χ0n) is 12.1. The maximum absolute atomic E-state index is 6.08. The van der Waals surface area contributed by atoms with E-state index in [2.05, 4.69) is 24.8 Å². The first-order valence-corrected chi connectivity index (χ1v) is 7.36. The Morgan fingerprint density at radius 3 is 2.89 bits per heavy atom. The number of hydrogen-bond donors (Lipinski definition) is 1. The summed E-state index contributed by atoms with van der Waals surface area (Å²) in [5, 5.41) is 0. The second kappa shape index (κ2) is 6.92. The van der Waals surface area contributed by atoms with Crippen LogP contribution in [0.5, 0.6) is 5.75 Å². The molecular weight excluding hydrogens is 236 g/mol. The summed E-state index contributed by atoms with van der Waals surface area (Å²) >= 11 is 0. The maximum Gasteiger partial charge on any atom is 0.122 e. The summed E-state index contributed by atoms with van der Waals surface area (Å²) in [6.45, 7) is 7.07. The predicted molar refractivity (Wildman–Crippen MR) is 79.5 cm³/mol. The van der Waals surface area contributed by atoms with E-state index in [0.29, 0.717) is 6.04 Å². The van der Waals surface area contributed by atoms with Gasteiger partial charge in [-0.25, -0.2) is 0 Å². The lowest BCUT2D eigenvalue weighted by Crippen LogP contribution is -2.50. The highest BCUT2D eigenvalue weighted by atomic mass is 16.5. The van der Waals surface area contributed by atoms with E-state index >= 15 is 0 Å². The number of benzene rings is 1. The lowest BCUT2D eigenvalue weighted by molar-refractivity contribution is 0.109. The van der Waals surface area contributed by atoms with Crippen molar-refractivity contribution in [2.45, 2.75) is 45.2 Å². The zero-order valence-corrected chi connectivity index (χ0v) is 12.1. The number of nitrogens with two attached hydrogens (primary N) is 1. The Balaban J connectivity index is 1.83. The van der Waals surface area contributed by atoms with Gasteiger partial charge in [-0.2, -0.15) is 0 Å². The molecule has 1 heterocycles. The van der Waals surface area contributed by atoms with Gasteiger partial charge in [0.2, 0.25) is 0 Å². The van der Waals surface area contributed by atoms with Crippen LogP contribution in [-0.4, -0.2) is 36.7 Å². The summed E-state index contributed by atoms with van der Waals surface area (Å²) in [5.41, 5.74) is 7.28. The van der Waals surface area contributed by atoms with Crippen molar-refractivity contribution < 1.29 is 4.74 Å². The average molecular weight is 262 g/mol. The third kappa shape index (κ3) is 3.95. The fraction of sp³-hybridized carbons (Fsp3) is 0.625. The Bertz CT molecular complexity index is 392. The molecule has 2 unspecified atom stereocenters. The van der Waals surface area contributed by atoms with E-state index in [1.54, 1.807) is 0 Å². The number of ether oxygens (including phenoxy) is 1. The molecule has 1 fully saturated rings. The molecule has 2 N–H and O–H groups in total. The van der Waals surface area contributed by atoms with Gasteiger partial charge in [0, 0.05) is 18.6 Å². The van der Waals surface area contributed by atoms with Crippen LogP contribution in [0.3, 0.4) is 0 Å². The molecule has 1 aromatic carbocycles. The lowest BCUT2D eigenvalue weighted by atomic mass is 9.97. The molecule has 19 heavy (non-hydrogen) atoms. The Morgan fingerprint density at radius 1 is 1.37 bits per heavy atom. The van der Waals surface area contributed by atoms with Crippen molar-refractivity contribution in [3.8, 4) is 5.75 Å². The van der Waals surface area contributed by atoms with Gasteiger partial charge >= 0.3 is 0 Å². The van der Waals surface area contributed by atoms with Crippen LogP contribution >= 0.6 is 0 Å². The summed E-state index contributed by atoms with van der Waals surface area (Å²) in [6.07, 6.45) is 3.82. The monoisotopic (exact) mass is 262 g/mol. The molecule has 0 bridgehead atoms. The standard InChI is InChI=1S/C16H26N2O/c1-13-7-3-4-9-16(13)19-12-11-18-10-6-5-8-15(18)14(2)17/h3-4,7,9,14-15H,5-6,8,10-12,17H2,1-2H3. The van der Waals surface area contributed by atoms with E-state index in [0.717, 1.165) is 25.4 Å². The fourth-order valence-electron chi connectivity index (χ4n) is 2.88. The number of hydrogen-bond acceptors (Lipinski definition) is 3. The number of nitrogens with zero attached hydrogens (tertiary/aromatic N) is 1. The number of para-hydroxylation sites is 1. The summed E-state index contributed by atoms with van der Waals surface area (Å²) in [7, 11) is 0. The van der Waals surface area contributed by atoms with Gasteiger partial charge in [-0.3, -0.25) is 4.90 Å². The second-order valence-corrected chi connectivity index (χ2v) is 5.57. The maximum atomic E-state index is 6.08. The van der Waals surface area contributed by atoms with Gasteiger partial charge in [-0.1, -0.05) is 24.6 Å². The summed E-state index contributed by atoms with van der Waals surface area (Å²) < 4.78 is 5.89. The largest absolute Gasteiger partial charge is 0.492 e. The van der Waals surface area contributed by atoms with E-state index in [1.807, 2.05) is 18.2 Å². The molecule has 1 aliphatic heterocycles. The van der Waals surface area contributed by atoms with Crippen LogP contribution in [0.4, 0.5) is 0 Å². The van der Waals surface area contributed by atoms with Gasteiger partial charge in [0.15, 0.2) is 0 Å².